The van der Waals surface area contributed by atoms with Crippen molar-refractivity contribution in [2.24, 2.45) is 0 Å². The molecule has 0 spiro atoms. The van der Waals surface area contributed by atoms with Crippen LogP contribution in [0.4, 0.5) is 0 Å². The van der Waals surface area contributed by atoms with Crippen LogP contribution in [0.3, 0.4) is 0 Å². The molecule has 112 valence electrons. The summed E-state index contributed by atoms with van der Waals surface area (Å²) in [4.78, 5) is 14.0. The number of hydrogen-bond donors (Lipinski definition) is 0. The van der Waals surface area contributed by atoms with E-state index in [2.05, 4.69) is 0 Å². The van der Waals surface area contributed by atoms with Crippen LogP contribution in [0.15, 0.2) is 24.0 Å². The predicted octanol–water partition coefficient (Wildman–Crippen LogP) is -4.74. The Bertz CT molecular complexity index is 460. The standard InChI is InChI=1S/C11H15N2O2.ClHO4/c1-12-6-7-13(2)11(12)10(14)9-5-3-4-8-15-9;2-1(3,4)5/h3-5H,6-8H2,1-2H3;(H,2,3,4,5)/q+1;/p-1. The van der Waals surface area contributed by atoms with Gasteiger partial charge in [0.1, 0.15) is 19.7 Å². The molecule has 0 saturated carbocycles. The number of carbonyl (C=O) groups is 1. The Morgan fingerprint density at radius 2 is 2.00 bits per heavy atom. The van der Waals surface area contributed by atoms with E-state index in [1.807, 2.05) is 35.7 Å². The molecule has 0 aromatic carbocycles. The first-order chi connectivity index (χ1) is 9.20. The van der Waals surface area contributed by atoms with Gasteiger partial charge in [-0.25, -0.2) is 18.6 Å². The molecule has 0 aromatic rings. The van der Waals surface area contributed by atoms with Crippen molar-refractivity contribution >= 4 is 11.6 Å². The van der Waals surface area contributed by atoms with Crippen LogP contribution in [0, 0.1) is 10.2 Å². The van der Waals surface area contributed by atoms with Crippen LogP contribution in [-0.2, 0) is 9.53 Å². The Morgan fingerprint density at radius 1 is 1.40 bits per heavy atom. The minimum absolute atomic E-state index is 0.0261. The summed E-state index contributed by atoms with van der Waals surface area (Å²) in [5, 5.41) is 0. The van der Waals surface area contributed by atoms with Gasteiger partial charge in [-0.15, -0.1) is 10.2 Å². The van der Waals surface area contributed by atoms with E-state index in [0.29, 0.717) is 12.4 Å². The summed E-state index contributed by atoms with van der Waals surface area (Å²) < 4.78 is 41.2. The van der Waals surface area contributed by atoms with Gasteiger partial charge in [-0.1, -0.05) is 6.08 Å². The van der Waals surface area contributed by atoms with E-state index >= 15 is 0 Å². The van der Waals surface area contributed by atoms with Crippen LogP contribution in [0.2, 0.25) is 0 Å². The van der Waals surface area contributed by atoms with Gasteiger partial charge in [0.2, 0.25) is 0 Å². The summed E-state index contributed by atoms with van der Waals surface area (Å²) in [6.07, 6.45) is 5.45. The number of rotatable bonds is 2. The van der Waals surface area contributed by atoms with Crippen LogP contribution >= 0.6 is 0 Å². The number of Topliss-reactive ketones (excluding diaryl/α,β-unsaturated/α-hetero) is 1. The monoisotopic (exact) mass is 306 g/mol. The Balaban J connectivity index is 0.000000347. The highest BCUT2D eigenvalue weighted by Gasteiger charge is 2.34. The van der Waals surface area contributed by atoms with Gasteiger partial charge >= 0.3 is 11.6 Å². The molecule has 0 fully saturated rings. The highest BCUT2D eigenvalue weighted by atomic mass is 35.7. The molecule has 0 bridgehead atoms. The van der Waals surface area contributed by atoms with Gasteiger partial charge in [0, 0.05) is 0 Å². The Labute approximate surface area is 118 Å². The SMILES string of the molecule is CN1CC[N+](C)=C1C(=O)C1=CC=CCO1.[O-][Cl+3]([O-])([O-])[O-]. The second-order valence-electron chi connectivity index (χ2n) is 4.14. The van der Waals surface area contributed by atoms with Gasteiger partial charge in [-0.2, -0.15) is 0 Å². The maximum Gasteiger partial charge on any atom is 0.324 e. The smallest absolute Gasteiger partial charge is 0.324 e. The zero-order chi connectivity index (χ0) is 15.3. The van der Waals surface area contributed by atoms with Crippen molar-refractivity contribution in [2.75, 3.05) is 33.8 Å². The molecule has 0 unspecified atom stereocenters. The normalized spacial score (nSPS) is 18.3. The lowest BCUT2D eigenvalue weighted by Gasteiger charge is -2.17. The third kappa shape index (κ3) is 5.27. The maximum absolute atomic E-state index is 12.1. The third-order valence-electron chi connectivity index (χ3n) is 2.64. The van der Waals surface area contributed by atoms with Crippen LogP contribution in [0.5, 0.6) is 0 Å². The van der Waals surface area contributed by atoms with Gasteiger partial charge in [0.25, 0.3) is 0 Å². The number of ketones is 1. The van der Waals surface area contributed by atoms with E-state index in [1.54, 1.807) is 6.08 Å². The van der Waals surface area contributed by atoms with E-state index in [4.69, 9.17) is 23.4 Å². The quantitative estimate of drug-likeness (QED) is 0.469. The Hall–Kier alpha value is -1.45. The minimum Gasteiger partial charge on any atom is -0.485 e. The highest BCUT2D eigenvalue weighted by molar-refractivity contribution is 6.42. The molecule has 2 heterocycles. The summed E-state index contributed by atoms with van der Waals surface area (Å²) in [6, 6.07) is 0. The van der Waals surface area contributed by atoms with Crippen LogP contribution in [0.25, 0.3) is 0 Å². The average molecular weight is 307 g/mol. The van der Waals surface area contributed by atoms with Gasteiger partial charge in [-0.05, 0) is 12.2 Å². The lowest BCUT2D eigenvalue weighted by molar-refractivity contribution is -2.00. The minimum atomic E-state index is -4.94. The molecule has 2 aliphatic heterocycles. The molecular formula is C11H15ClN2O6. The molecule has 2 aliphatic rings. The van der Waals surface area contributed by atoms with Gasteiger partial charge in [0.15, 0.2) is 5.76 Å². The van der Waals surface area contributed by atoms with Crippen molar-refractivity contribution in [3.8, 4) is 0 Å². The second kappa shape index (κ2) is 6.82. The van der Waals surface area contributed by atoms with Crippen molar-refractivity contribution in [1.29, 1.82) is 0 Å². The van der Waals surface area contributed by atoms with Crippen molar-refractivity contribution in [1.82, 2.24) is 4.90 Å². The molecule has 20 heavy (non-hydrogen) atoms. The van der Waals surface area contributed by atoms with Crippen molar-refractivity contribution in [2.45, 2.75) is 0 Å². The number of hydrogen-bond acceptors (Lipinski definition) is 7. The van der Waals surface area contributed by atoms with Crippen LogP contribution in [0.1, 0.15) is 0 Å². The van der Waals surface area contributed by atoms with Crippen molar-refractivity contribution in [3.63, 3.8) is 0 Å². The zero-order valence-electron chi connectivity index (χ0n) is 11.1. The Morgan fingerprint density at radius 3 is 2.40 bits per heavy atom. The van der Waals surface area contributed by atoms with Crippen LogP contribution < -0.4 is 18.6 Å². The molecule has 9 heteroatoms. The molecule has 0 N–H and O–H groups in total. The number of carbonyl (C=O) groups excluding carboxylic acids is 1. The van der Waals surface area contributed by atoms with Gasteiger partial charge < -0.3 is 4.74 Å². The van der Waals surface area contributed by atoms with Crippen molar-refractivity contribution in [3.05, 3.63) is 24.0 Å². The van der Waals surface area contributed by atoms with E-state index in [0.717, 1.165) is 18.9 Å². The maximum atomic E-state index is 12.1. The van der Waals surface area contributed by atoms with Crippen molar-refractivity contribution < 1.29 is 43.0 Å². The molecule has 2 rings (SSSR count). The number of halogens is 1. The first kappa shape index (κ1) is 16.6. The number of allylic oxidation sites excluding steroid dienone is 2. The first-order valence-electron chi connectivity index (χ1n) is 5.65. The molecule has 0 amide bonds. The molecule has 0 atom stereocenters. The summed E-state index contributed by atoms with van der Waals surface area (Å²) in [6.45, 7) is 2.26. The first-order valence-corrected chi connectivity index (χ1v) is 6.89. The number of likely N-dealkylation sites (N-methyl/N-ethyl adjacent to an activating group) is 2. The average Bonchev–Trinajstić information content (AvgIpc) is 2.67. The molecule has 0 radical (unpaired) electrons. The summed E-state index contributed by atoms with van der Waals surface area (Å²) in [7, 11) is -1.09. The van der Waals surface area contributed by atoms with E-state index in [9.17, 15) is 4.79 Å². The van der Waals surface area contributed by atoms with Crippen LogP contribution in [-0.4, -0.2) is 54.9 Å². The predicted molar refractivity (Wildman–Crippen MR) is 56.9 cm³/mol. The summed E-state index contributed by atoms with van der Waals surface area (Å²) in [5.74, 6) is 1.13. The number of ether oxygens (including phenoxy) is 1. The lowest BCUT2D eigenvalue weighted by atomic mass is 10.2. The molecule has 0 aromatic heterocycles. The fourth-order valence-corrected chi connectivity index (χ4v) is 1.80. The molecule has 0 saturated heterocycles. The van der Waals surface area contributed by atoms with E-state index < -0.39 is 10.2 Å². The number of amidine groups is 1. The fourth-order valence-electron chi connectivity index (χ4n) is 1.80. The molecule has 0 aliphatic carbocycles. The highest BCUT2D eigenvalue weighted by Crippen LogP contribution is 2.09. The molecular weight excluding hydrogens is 292 g/mol. The zero-order valence-corrected chi connectivity index (χ0v) is 11.8. The van der Waals surface area contributed by atoms with E-state index in [-0.39, 0.29) is 5.78 Å². The second-order valence-corrected chi connectivity index (χ2v) is 4.90. The largest absolute Gasteiger partial charge is 0.485 e. The van der Waals surface area contributed by atoms with Gasteiger partial charge in [-0.3, -0.25) is 14.3 Å². The summed E-state index contributed by atoms with van der Waals surface area (Å²) in [5.41, 5.74) is 0. The number of nitrogens with zero attached hydrogens (tertiary/aromatic N) is 2. The summed E-state index contributed by atoms with van der Waals surface area (Å²) >= 11 is 0. The van der Waals surface area contributed by atoms with Gasteiger partial charge in [0.05, 0.1) is 14.1 Å². The third-order valence-corrected chi connectivity index (χ3v) is 2.64. The fraction of sp³-hybridized carbons (Fsp3) is 0.455. The van der Waals surface area contributed by atoms with E-state index in [1.165, 1.54) is 0 Å². The lowest BCUT2D eigenvalue weighted by Crippen LogP contribution is -2.68. The Kier molecular flexibility index (Phi) is 5.66. The molecule has 8 nitrogen and oxygen atoms in total. The topological polar surface area (TPSA) is 125 Å².